The van der Waals surface area contributed by atoms with Gasteiger partial charge in [0.15, 0.2) is 0 Å². The molecule has 5 atom stereocenters. The summed E-state index contributed by atoms with van der Waals surface area (Å²) in [5.41, 5.74) is 12.3. The molecule has 13 nitrogen and oxygen atoms in total. The van der Waals surface area contributed by atoms with Gasteiger partial charge in [-0.15, -0.1) is 0 Å². The Morgan fingerprint density at radius 2 is 1.67 bits per heavy atom. The van der Waals surface area contributed by atoms with Crippen molar-refractivity contribution in [2.45, 2.75) is 63.4 Å². The zero-order chi connectivity index (χ0) is 27.0. The number of hydrogen-bond acceptors (Lipinski definition) is 7. The number of hydrogen-bond donors (Lipinski definition) is 8. The number of fused-ring (bicyclic) bond motifs is 1. The Kier molecular flexibility index (Phi) is 9.93. The van der Waals surface area contributed by atoms with Crippen molar-refractivity contribution in [2.24, 2.45) is 11.5 Å². The molecule has 0 radical (unpaired) electrons. The summed E-state index contributed by atoms with van der Waals surface area (Å²) in [6.07, 6.45) is 0.0885. The van der Waals surface area contributed by atoms with Gasteiger partial charge in [-0.2, -0.15) is 0 Å². The highest BCUT2D eigenvalue weighted by molar-refractivity contribution is 5.95. The Morgan fingerprint density at radius 1 is 1.00 bits per heavy atom. The van der Waals surface area contributed by atoms with Gasteiger partial charge in [-0.1, -0.05) is 18.2 Å². The number of nitrogens with two attached hydrogens (primary N) is 2. The summed E-state index contributed by atoms with van der Waals surface area (Å²) >= 11 is 0. The standard InChI is InChI=1S/C23H32N6O7/c1-11(23(35)36)27-21(33)17(9-13-10-26-16-6-4-3-5-14(13)16)28-22(34)19(12(2)30)29-20(32)15(24)7-8-18(25)31/h3-6,10-12,15,17,19,26,30H,7-9,24H2,1-2H3,(H2,25,31)(H,27,33)(H,28,34)(H,29,32)(H,35,36). The van der Waals surface area contributed by atoms with E-state index in [1.54, 1.807) is 12.3 Å². The lowest BCUT2D eigenvalue weighted by Gasteiger charge is -2.26. The van der Waals surface area contributed by atoms with Crippen molar-refractivity contribution in [1.29, 1.82) is 0 Å². The van der Waals surface area contributed by atoms with Gasteiger partial charge in [-0.05, 0) is 31.9 Å². The first-order valence-corrected chi connectivity index (χ1v) is 11.3. The second-order valence-electron chi connectivity index (χ2n) is 8.53. The molecule has 0 saturated carbocycles. The van der Waals surface area contributed by atoms with Crippen molar-refractivity contribution in [1.82, 2.24) is 20.9 Å². The van der Waals surface area contributed by atoms with E-state index >= 15 is 0 Å². The van der Waals surface area contributed by atoms with Crippen LogP contribution in [0.15, 0.2) is 30.5 Å². The molecular formula is C23H32N6O7. The first-order chi connectivity index (χ1) is 16.9. The van der Waals surface area contributed by atoms with Crippen molar-refractivity contribution >= 4 is 40.5 Å². The predicted octanol–water partition coefficient (Wildman–Crippen LogP) is -1.76. The Bertz CT molecular complexity index is 1120. The minimum absolute atomic E-state index is 0.00741. The van der Waals surface area contributed by atoms with Crippen molar-refractivity contribution in [3.63, 3.8) is 0 Å². The summed E-state index contributed by atoms with van der Waals surface area (Å²) in [5, 5.41) is 27.2. The topological polar surface area (TPSA) is 230 Å². The molecule has 1 aromatic carbocycles. The molecular weight excluding hydrogens is 472 g/mol. The highest BCUT2D eigenvalue weighted by atomic mass is 16.4. The Balaban J connectivity index is 2.23. The number of carbonyl (C=O) groups excluding carboxylic acids is 4. The van der Waals surface area contributed by atoms with E-state index in [0.29, 0.717) is 5.56 Å². The molecule has 36 heavy (non-hydrogen) atoms. The van der Waals surface area contributed by atoms with Crippen LogP contribution in [0.25, 0.3) is 10.9 Å². The zero-order valence-electron chi connectivity index (χ0n) is 20.0. The number of carbonyl (C=O) groups is 5. The molecule has 0 aliphatic heterocycles. The molecule has 5 unspecified atom stereocenters. The lowest BCUT2D eigenvalue weighted by atomic mass is 10.0. The van der Waals surface area contributed by atoms with Crippen LogP contribution in [0.3, 0.4) is 0 Å². The molecule has 0 aliphatic carbocycles. The van der Waals surface area contributed by atoms with E-state index in [-0.39, 0.29) is 19.3 Å². The Hall–Kier alpha value is -3.97. The lowest BCUT2D eigenvalue weighted by Crippen LogP contribution is -2.60. The van der Waals surface area contributed by atoms with Crippen LogP contribution < -0.4 is 27.4 Å². The van der Waals surface area contributed by atoms with Gasteiger partial charge < -0.3 is 42.6 Å². The number of aromatic amines is 1. The van der Waals surface area contributed by atoms with Crippen LogP contribution in [0.2, 0.25) is 0 Å². The van der Waals surface area contributed by atoms with Crippen LogP contribution in [0.4, 0.5) is 0 Å². The number of amides is 4. The third-order valence-electron chi connectivity index (χ3n) is 5.56. The number of benzene rings is 1. The maximum Gasteiger partial charge on any atom is 0.325 e. The average Bonchev–Trinajstić information content (AvgIpc) is 3.22. The molecule has 0 aliphatic rings. The predicted molar refractivity (Wildman–Crippen MR) is 129 cm³/mol. The normalized spacial score (nSPS) is 15.2. The van der Waals surface area contributed by atoms with Gasteiger partial charge >= 0.3 is 5.97 Å². The molecule has 1 heterocycles. The van der Waals surface area contributed by atoms with Crippen LogP contribution in [0.1, 0.15) is 32.3 Å². The zero-order valence-corrected chi connectivity index (χ0v) is 20.0. The van der Waals surface area contributed by atoms with Gasteiger partial charge in [0.2, 0.25) is 23.6 Å². The van der Waals surface area contributed by atoms with Gasteiger partial charge in [0, 0.05) is 29.9 Å². The summed E-state index contributed by atoms with van der Waals surface area (Å²) in [6.45, 7) is 2.54. The van der Waals surface area contributed by atoms with Crippen LogP contribution in [-0.4, -0.2) is 75.1 Å². The number of aliphatic hydroxyl groups excluding tert-OH is 1. The van der Waals surface area contributed by atoms with Crippen LogP contribution in [-0.2, 0) is 30.4 Å². The fraction of sp³-hybridized carbons (Fsp3) is 0.435. The van der Waals surface area contributed by atoms with Gasteiger partial charge in [0.05, 0.1) is 12.1 Å². The molecule has 2 rings (SSSR count). The van der Waals surface area contributed by atoms with Crippen molar-refractivity contribution in [3.05, 3.63) is 36.0 Å². The third-order valence-corrected chi connectivity index (χ3v) is 5.56. The molecule has 10 N–H and O–H groups in total. The maximum absolute atomic E-state index is 13.0. The SMILES string of the molecule is CC(NC(=O)C(Cc1c[nH]c2ccccc12)NC(=O)C(NC(=O)C(N)CCC(N)=O)C(C)O)C(=O)O. The van der Waals surface area contributed by atoms with E-state index in [1.165, 1.54) is 13.8 Å². The van der Waals surface area contributed by atoms with E-state index in [4.69, 9.17) is 16.6 Å². The summed E-state index contributed by atoms with van der Waals surface area (Å²) < 4.78 is 0. The number of para-hydroxylation sites is 1. The molecule has 0 fully saturated rings. The van der Waals surface area contributed by atoms with Crippen LogP contribution >= 0.6 is 0 Å². The van der Waals surface area contributed by atoms with Gasteiger partial charge in [-0.3, -0.25) is 24.0 Å². The van der Waals surface area contributed by atoms with Crippen molar-refractivity contribution in [2.75, 3.05) is 0 Å². The molecule has 2 aromatic rings. The Morgan fingerprint density at radius 3 is 2.28 bits per heavy atom. The summed E-state index contributed by atoms with van der Waals surface area (Å²) in [6, 6.07) is 2.19. The molecule has 0 spiro atoms. The minimum atomic E-state index is -1.48. The average molecular weight is 505 g/mol. The summed E-state index contributed by atoms with van der Waals surface area (Å²) in [7, 11) is 0. The molecule has 0 saturated heterocycles. The van der Waals surface area contributed by atoms with Gasteiger partial charge in [-0.25, -0.2) is 0 Å². The number of aliphatic carboxylic acids is 1. The molecule has 196 valence electrons. The van der Waals surface area contributed by atoms with Crippen LogP contribution in [0, 0.1) is 0 Å². The second kappa shape index (κ2) is 12.7. The highest BCUT2D eigenvalue weighted by Gasteiger charge is 2.32. The number of H-pyrrole nitrogens is 1. The van der Waals surface area contributed by atoms with Gasteiger partial charge in [0.1, 0.15) is 18.1 Å². The number of nitrogens with one attached hydrogen (secondary N) is 4. The maximum atomic E-state index is 13.0. The number of aliphatic hydroxyl groups is 1. The fourth-order valence-electron chi connectivity index (χ4n) is 3.46. The smallest absolute Gasteiger partial charge is 0.325 e. The van der Waals surface area contributed by atoms with Crippen molar-refractivity contribution < 1.29 is 34.2 Å². The molecule has 4 amide bonds. The van der Waals surface area contributed by atoms with E-state index < -0.39 is 59.9 Å². The monoisotopic (exact) mass is 504 g/mol. The van der Waals surface area contributed by atoms with E-state index in [2.05, 4.69) is 20.9 Å². The fourth-order valence-corrected chi connectivity index (χ4v) is 3.46. The molecule has 13 heteroatoms. The Labute approximate surface area is 207 Å². The minimum Gasteiger partial charge on any atom is -0.480 e. The summed E-state index contributed by atoms with van der Waals surface area (Å²) in [4.78, 5) is 63.6. The first kappa shape index (κ1) is 28.3. The third kappa shape index (κ3) is 7.78. The van der Waals surface area contributed by atoms with E-state index in [1.807, 2.05) is 18.2 Å². The number of aromatic nitrogens is 1. The van der Waals surface area contributed by atoms with E-state index in [0.717, 1.165) is 10.9 Å². The highest BCUT2D eigenvalue weighted by Crippen LogP contribution is 2.19. The number of carboxylic acids is 1. The van der Waals surface area contributed by atoms with E-state index in [9.17, 15) is 29.1 Å². The first-order valence-electron chi connectivity index (χ1n) is 11.3. The number of primary amides is 1. The molecule has 1 aromatic heterocycles. The largest absolute Gasteiger partial charge is 0.480 e. The number of rotatable bonds is 13. The van der Waals surface area contributed by atoms with Crippen molar-refractivity contribution in [3.8, 4) is 0 Å². The van der Waals surface area contributed by atoms with Gasteiger partial charge in [0.25, 0.3) is 0 Å². The van der Waals surface area contributed by atoms with Crippen LogP contribution in [0.5, 0.6) is 0 Å². The summed E-state index contributed by atoms with van der Waals surface area (Å²) in [5.74, 6) is -4.36. The molecule has 0 bridgehead atoms. The second-order valence-corrected chi connectivity index (χ2v) is 8.53. The number of carboxylic acid groups (broad SMARTS) is 1. The quantitative estimate of drug-likeness (QED) is 0.155. The lowest BCUT2D eigenvalue weighted by molar-refractivity contribution is -0.142.